The maximum absolute atomic E-state index is 10.6. The van der Waals surface area contributed by atoms with Gasteiger partial charge in [-0.1, -0.05) is 0 Å². The van der Waals surface area contributed by atoms with Crippen molar-refractivity contribution in [1.29, 1.82) is 0 Å². The predicted molar refractivity (Wildman–Crippen MR) is 42.8 cm³/mol. The van der Waals surface area contributed by atoms with E-state index in [2.05, 4.69) is 0 Å². The van der Waals surface area contributed by atoms with Crippen molar-refractivity contribution < 1.29 is 24.5 Å². The van der Waals surface area contributed by atoms with E-state index in [4.69, 9.17) is 14.6 Å². The Morgan fingerprint density at radius 1 is 1.62 bits per heavy atom. The zero-order valence-corrected chi connectivity index (χ0v) is 7.47. The summed E-state index contributed by atoms with van der Waals surface area (Å²) in [6.07, 6.45) is -0.950. The van der Waals surface area contributed by atoms with Gasteiger partial charge in [-0.25, -0.2) is 0 Å². The highest BCUT2D eigenvalue weighted by molar-refractivity contribution is 5.66. The zero-order valence-electron chi connectivity index (χ0n) is 7.47. The second kappa shape index (κ2) is 4.55. The Morgan fingerprint density at radius 2 is 2.31 bits per heavy atom. The van der Waals surface area contributed by atoms with E-state index in [9.17, 15) is 9.90 Å². The Kier molecular flexibility index (Phi) is 3.65. The van der Waals surface area contributed by atoms with Gasteiger partial charge in [-0.15, -0.1) is 0 Å². The van der Waals surface area contributed by atoms with Gasteiger partial charge in [0, 0.05) is 6.92 Å². The second-order valence-corrected chi connectivity index (χ2v) is 3.06. The highest BCUT2D eigenvalue weighted by Crippen LogP contribution is 2.20. The Morgan fingerprint density at radius 3 is 2.77 bits per heavy atom. The van der Waals surface area contributed by atoms with Crippen LogP contribution in [0.15, 0.2) is 0 Å². The summed E-state index contributed by atoms with van der Waals surface area (Å²) in [5.41, 5.74) is 0. The summed E-state index contributed by atoms with van der Waals surface area (Å²) < 4.78 is 9.78. The average Bonchev–Trinajstić information content (AvgIpc) is 2.08. The first kappa shape index (κ1) is 10.4. The van der Waals surface area contributed by atoms with Gasteiger partial charge in [0.15, 0.2) is 12.4 Å². The molecule has 3 atom stereocenters. The third kappa shape index (κ3) is 2.95. The van der Waals surface area contributed by atoms with Gasteiger partial charge >= 0.3 is 5.97 Å². The SMILES string of the molecule is CC(=O)OC1CCC(CO)OC1O. The van der Waals surface area contributed by atoms with Crippen LogP contribution in [0.2, 0.25) is 0 Å². The van der Waals surface area contributed by atoms with Gasteiger partial charge in [-0.3, -0.25) is 4.79 Å². The van der Waals surface area contributed by atoms with Crippen molar-refractivity contribution in [1.82, 2.24) is 0 Å². The number of hydrogen-bond donors (Lipinski definition) is 2. The summed E-state index contributed by atoms with van der Waals surface area (Å²) in [5, 5.41) is 18.0. The summed E-state index contributed by atoms with van der Waals surface area (Å²) in [7, 11) is 0. The molecule has 0 saturated carbocycles. The summed E-state index contributed by atoms with van der Waals surface area (Å²) in [6.45, 7) is 1.16. The lowest BCUT2D eigenvalue weighted by atomic mass is 10.1. The van der Waals surface area contributed by atoms with Gasteiger partial charge in [-0.05, 0) is 12.8 Å². The quantitative estimate of drug-likeness (QED) is 0.569. The van der Waals surface area contributed by atoms with Crippen LogP contribution in [0.25, 0.3) is 0 Å². The molecule has 0 aliphatic carbocycles. The number of esters is 1. The summed E-state index contributed by atoms with van der Waals surface area (Å²) in [4.78, 5) is 10.6. The minimum Gasteiger partial charge on any atom is -0.457 e. The van der Waals surface area contributed by atoms with Crippen molar-refractivity contribution in [2.24, 2.45) is 0 Å². The predicted octanol–water partition coefficient (Wildman–Crippen LogP) is -0.592. The lowest BCUT2D eigenvalue weighted by Crippen LogP contribution is -2.42. The molecule has 0 radical (unpaired) electrons. The van der Waals surface area contributed by atoms with Crippen LogP contribution in [0.3, 0.4) is 0 Å². The number of aliphatic hydroxyl groups is 2. The lowest BCUT2D eigenvalue weighted by Gasteiger charge is -2.31. The van der Waals surface area contributed by atoms with Gasteiger partial charge in [0.1, 0.15) is 0 Å². The van der Waals surface area contributed by atoms with Gasteiger partial charge in [0.25, 0.3) is 0 Å². The van der Waals surface area contributed by atoms with E-state index in [0.29, 0.717) is 12.8 Å². The molecule has 0 aromatic carbocycles. The van der Waals surface area contributed by atoms with Crippen LogP contribution in [-0.2, 0) is 14.3 Å². The molecule has 1 fully saturated rings. The molecule has 76 valence electrons. The molecule has 0 spiro atoms. The van der Waals surface area contributed by atoms with E-state index in [0.717, 1.165) is 0 Å². The number of carbonyl (C=O) groups excluding carboxylic acids is 1. The molecular formula is C8H14O5. The molecule has 5 heteroatoms. The van der Waals surface area contributed by atoms with E-state index in [-0.39, 0.29) is 12.7 Å². The molecule has 0 bridgehead atoms. The van der Waals surface area contributed by atoms with Crippen molar-refractivity contribution in [3.63, 3.8) is 0 Å². The highest BCUT2D eigenvalue weighted by atomic mass is 16.7. The van der Waals surface area contributed by atoms with E-state index in [1.165, 1.54) is 6.92 Å². The van der Waals surface area contributed by atoms with Gasteiger partial charge in [0.2, 0.25) is 0 Å². The molecule has 1 aliphatic heterocycles. The van der Waals surface area contributed by atoms with E-state index < -0.39 is 18.4 Å². The Labute approximate surface area is 76.3 Å². The van der Waals surface area contributed by atoms with Crippen molar-refractivity contribution in [3.05, 3.63) is 0 Å². The normalized spacial score (nSPS) is 34.2. The molecule has 2 N–H and O–H groups in total. The fourth-order valence-corrected chi connectivity index (χ4v) is 1.31. The molecule has 0 aromatic rings. The van der Waals surface area contributed by atoms with Crippen LogP contribution < -0.4 is 0 Å². The van der Waals surface area contributed by atoms with Crippen molar-refractivity contribution in [3.8, 4) is 0 Å². The van der Waals surface area contributed by atoms with Gasteiger partial charge in [0.05, 0.1) is 12.7 Å². The third-order valence-electron chi connectivity index (χ3n) is 1.94. The Balaban J connectivity index is 2.39. The number of carbonyl (C=O) groups is 1. The molecule has 5 nitrogen and oxygen atoms in total. The third-order valence-corrected chi connectivity index (χ3v) is 1.94. The average molecular weight is 190 g/mol. The van der Waals surface area contributed by atoms with E-state index in [1.54, 1.807) is 0 Å². The Hall–Kier alpha value is -0.650. The van der Waals surface area contributed by atoms with E-state index >= 15 is 0 Å². The fourth-order valence-electron chi connectivity index (χ4n) is 1.31. The van der Waals surface area contributed by atoms with Gasteiger partial charge < -0.3 is 19.7 Å². The lowest BCUT2D eigenvalue weighted by molar-refractivity contribution is -0.231. The molecule has 1 heterocycles. The molecule has 0 amide bonds. The maximum Gasteiger partial charge on any atom is 0.303 e. The topological polar surface area (TPSA) is 76.0 Å². The standard InChI is InChI=1S/C8H14O5/c1-5(10)12-7-3-2-6(4-9)13-8(7)11/h6-9,11H,2-4H2,1H3. The maximum atomic E-state index is 10.6. The minimum atomic E-state index is -1.12. The Bertz CT molecular complexity index is 181. The van der Waals surface area contributed by atoms with Gasteiger partial charge in [-0.2, -0.15) is 0 Å². The van der Waals surface area contributed by atoms with E-state index in [1.807, 2.05) is 0 Å². The first-order chi connectivity index (χ1) is 6.13. The monoisotopic (exact) mass is 190 g/mol. The van der Waals surface area contributed by atoms with Crippen molar-refractivity contribution >= 4 is 5.97 Å². The smallest absolute Gasteiger partial charge is 0.303 e. The molecule has 13 heavy (non-hydrogen) atoms. The molecule has 1 aliphatic rings. The van der Waals surface area contributed by atoms with Crippen molar-refractivity contribution in [2.75, 3.05) is 6.61 Å². The van der Waals surface area contributed by atoms with Crippen LogP contribution in [0.4, 0.5) is 0 Å². The molecule has 1 rings (SSSR count). The largest absolute Gasteiger partial charge is 0.457 e. The zero-order chi connectivity index (χ0) is 9.84. The number of ether oxygens (including phenoxy) is 2. The van der Waals surface area contributed by atoms with Crippen LogP contribution in [-0.4, -0.2) is 41.3 Å². The van der Waals surface area contributed by atoms with Crippen LogP contribution in [0, 0.1) is 0 Å². The molecule has 0 aromatic heterocycles. The molecule has 3 unspecified atom stereocenters. The minimum absolute atomic E-state index is 0.121. The van der Waals surface area contributed by atoms with Crippen LogP contribution >= 0.6 is 0 Å². The second-order valence-electron chi connectivity index (χ2n) is 3.06. The summed E-state index contributed by atoms with van der Waals surface area (Å²) in [5.74, 6) is -0.435. The van der Waals surface area contributed by atoms with Crippen LogP contribution in [0.5, 0.6) is 0 Å². The first-order valence-corrected chi connectivity index (χ1v) is 4.25. The molecule has 1 saturated heterocycles. The number of hydrogen-bond acceptors (Lipinski definition) is 5. The summed E-state index contributed by atoms with van der Waals surface area (Å²) >= 11 is 0. The number of rotatable bonds is 2. The van der Waals surface area contributed by atoms with Crippen LogP contribution in [0.1, 0.15) is 19.8 Å². The number of aliphatic hydroxyl groups excluding tert-OH is 2. The first-order valence-electron chi connectivity index (χ1n) is 4.25. The fraction of sp³-hybridized carbons (Fsp3) is 0.875. The molecular weight excluding hydrogens is 176 g/mol. The highest BCUT2D eigenvalue weighted by Gasteiger charge is 2.31. The van der Waals surface area contributed by atoms with Crippen molar-refractivity contribution in [2.45, 2.75) is 38.3 Å². The summed E-state index contributed by atoms with van der Waals surface area (Å²) in [6, 6.07) is 0.